The molecule has 1 fully saturated rings. The number of nitrogens with zero attached hydrogens (tertiary/aromatic N) is 4. The molecular weight excluding hydrogens is 416 g/mol. The van der Waals surface area contributed by atoms with E-state index in [4.69, 9.17) is 10.00 Å². The maximum atomic E-state index is 13.4. The number of rotatable bonds is 5. The van der Waals surface area contributed by atoms with Crippen molar-refractivity contribution in [1.29, 1.82) is 5.26 Å². The molecule has 31 heavy (non-hydrogen) atoms. The van der Waals surface area contributed by atoms with E-state index < -0.39 is 29.4 Å². The Morgan fingerprint density at radius 2 is 1.77 bits per heavy atom. The van der Waals surface area contributed by atoms with Gasteiger partial charge in [-0.2, -0.15) is 5.26 Å². The summed E-state index contributed by atoms with van der Waals surface area (Å²) < 4.78 is 5.12. The first-order chi connectivity index (χ1) is 14.9. The zero-order valence-electron chi connectivity index (χ0n) is 16.6. The van der Waals surface area contributed by atoms with Crippen LogP contribution in [0, 0.1) is 24.2 Å². The van der Waals surface area contributed by atoms with Crippen LogP contribution in [0.4, 0.5) is 5.13 Å². The predicted octanol–water partition coefficient (Wildman–Crippen LogP) is 2.88. The summed E-state index contributed by atoms with van der Waals surface area (Å²) in [6, 6.07) is 14.0. The van der Waals surface area contributed by atoms with E-state index in [1.165, 1.54) is 12.0 Å². The van der Waals surface area contributed by atoms with Gasteiger partial charge in [0.1, 0.15) is 16.7 Å². The molecule has 0 aliphatic carbocycles. The van der Waals surface area contributed by atoms with Crippen LogP contribution in [0.25, 0.3) is 0 Å². The zero-order valence-corrected chi connectivity index (χ0v) is 17.4. The molecule has 1 aliphatic rings. The average Bonchev–Trinajstić information content (AvgIpc) is 3.34. The molecule has 3 aromatic rings. The molecule has 1 saturated heterocycles. The fraction of sp³-hybridized carbons (Fsp3) is 0.182. The largest absolute Gasteiger partial charge is 0.497 e. The summed E-state index contributed by atoms with van der Waals surface area (Å²) in [7, 11) is 1.51. The van der Waals surface area contributed by atoms with Gasteiger partial charge in [-0.3, -0.25) is 19.3 Å². The highest BCUT2D eigenvalue weighted by Gasteiger charge is 2.53. The molecule has 0 bridgehead atoms. The normalized spacial score (nSPS) is 18.2. The van der Waals surface area contributed by atoms with Crippen molar-refractivity contribution in [3.63, 3.8) is 0 Å². The second-order valence-electron chi connectivity index (χ2n) is 6.89. The van der Waals surface area contributed by atoms with Gasteiger partial charge in [-0.05, 0) is 48.9 Å². The van der Waals surface area contributed by atoms with Gasteiger partial charge in [-0.1, -0.05) is 23.5 Å². The molecule has 2 aromatic carbocycles. The number of amides is 1. The van der Waals surface area contributed by atoms with Gasteiger partial charge >= 0.3 is 0 Å². The lowest BCUT2D eigenvalue weighted by Gasteiger charge is -2.24. The molecule has 0 spiro atoms. The lowest BCUT2D eigenvalue weighted by Crippen LogP contribution is -2.30. The number of ketones is 2. The van der Waals surface area contributed by atoms with Crippen molar-refractivity contribution >= 4 is 33.9 Å². The second kappa shape index (κ2) is 8.08. The zero-order chi connectivity index (χ0) is 22.1. The fourth-order valence-electron chi connectivity index (χ4n) is 3.55. The molecule has 2 heterocycles. The molecule has 0 N–H and O–H groups in total. The minimum absolute atomic E-state index is 0.246. The minimum Gasteiger partial charge on any atom is -0.497 e. The third-order valence-corrected chi connectivity index (χ3v) is 5.90. The first-order valence-electron chi connectivity index (χ1n) is 9.30. The third kappa shape index (κ3) is 3.58. The number of carbonyl (C=O) groups is 3. The number of methoxy groups -OCH3 is 1. The average molecular weight is 432 g/mol. The van der Waals surface area contributed by atoms with Crippen LogP contribution >= 0.6 is 11.3 Å². The summed E-state index contributed by atoms with van der Waals surface area (Å²) in [6.45, 7) is 1.74. The number of benzene rings is 2. The molecule has 2 unspecified atom stereocenters. The lowest BCUT2D eigenvalue weighted by molar-refractivity contribution is -0.135. The Labute approximate surface area is 181 Å². The smallest absolute Gasteiger partial charge is 0.297 e. The van der Waals surface area contributed by atoms with Gasteiger partial charge in [-0.15, -0.1) is 10.2 Å². The Bertz CT molecular complexity index is 1210. The molecule has 154 valence electrons. The molecule has 2 atom stereocenters. The third-order valence-electron chi connectivity index (χ3n) is 5.07. The van der Waals surface area contributed by atoms with E-state index in [0.29, 0.717) is 27.4 Å². The van der Waals surface area contributed by atoms with Crippen molar-refractivity contribution in [2.75, 3.05) is 12.0 Å². The molecule has 1 amide bonds. The Kier molecular flexibility index (Phi) is 5.31. The Hall–Kier alpha value is -3.90. The minimum atomic E-state index is -1.25. The molecule has 0 radical (unpaired) electrons. The van der Waals surface area contributed by atoms with Gasteiger partial charge < -0.3 is 4.74 Å². The van der Waals surface area contributed by atoms with Crippen LogP contribution in [-0.4, -0.2) is 34.8 Å². The van der Waals surface area contributed by atoms with E-state index in [1.807, 2.05) is 6.07 Å². The molecular formula is C22H16N4O4S. The Morgan fingerprint density at radius 3 is 2.32 bits per heavy atom. The van der Waals surface area contributed by atoms with Crippen LogP contribution in [-0.2, 0) is 9.59 Å². The SMILES string of the molecule is COc1ccc(C(=O)C2C(=O)C(=O)N(c3nnc(C)s3)C2c2ccc(C#N)cc2)cc1. The number of hydrogen-bond donors (Lipinski definition) is 0. The fourth-order valence-corrected chi connectivity index (χ4v) is 4.28. The van der Waals surface area contributed by atoms with Crippen molar-refractivity contribution < 1.29 is 19.1 Å². The second-order valence-corrected chi connectivity index (χ2v) is 8.05. The quantitative estimate of drug-likeness (QED) is 0.346. The summed E-state index contributed by atoms with van der Waals surface area (Å²) in [6.07, 6.45) is 0. The van der Waals surface area contributed by atoms with Crippen LogP contribution in [0.1, 0.15) is 32.5 Å². The van der Waals surface area contributed by atoms with Crippen molar-refractivity contribution in [3.05, 3.63) is 70.2 Å². The van der Waals surface area contributed by atoms with Crippen molar-refractivity contribution in [1.82, 2.24) is 10.2 Å². The monoisotopic (exact) mass is 432 g/mol. The highest BCUT2D eigenvalue weighted by molar-refractivity contribution is 7.15. The van der Waals surface area contributed by atoms with Crippen LogP contribution in [0.2, 0.25) is 0 Å². The summed E-state index contributed by atoms with van der Waals surface area (Å²) in [5.74, 6) is -2.77. The van der Waals surface area contributed by atoms with Gasteiger partial charge in [-0.25, -0.2) is 0 Å². The van der Waals surface area contributed by atoms with E-state index >= 15 is 0 Å². The van der Waals surface area contributed by atoms with Gasteiger partial charge in [0.25, 0.3) is 5.91 Å². The van der Waals surface area contributed by atoms with Crippen molar-refractivity contribution in [2.45, 2.75) is 13.0 Å². The van der Waals surface area contributed by atoms with E-state index in [2.05, 4.69) is 10.2 Å². The topological polar surface area (TPSA) is 113 Å². The number of aryl methyl sites for hydroxylation is 1. The van der Waals surface area contributed by atoms with Crippen LogP contribution in [0.3, 0.4) is 0 Å². The maximum absolute atomic E-state index is 13.4. The number of nitriles is 1. The van der Waals surface area contributed by atoms with Crippen molar-refractivity contribution in [3.8, 4) is 11.8 Å². The van der Waals surface area contributed by atoms with E-state index in [1.54, 1.807) is 55.5 Å². The highest BCUT2D eigenvalue weighted by atomic mass is 32.1. The van der Waals surface area contributed by atoms with E-state index in [0.717, 1.165) is 11.3 Å². The molecule has 8 nitrogen and oxygen atoms in total. The number of anilines is 1. The summed E-state index contributed by atoms with van der Waals surface area (Å²) >= 11 is 1.16. The maximum Gasteiger partial charge on any atom is 0.297 e. The molecule has 4 rings (SSSR count). The van der Waals surface area contributed by atoms with Crippen LogP contribution in [0.15, 0.2) is 48.5 Å². The van der Waals surface area contributed by atoms with Gasteiger partial charge in [0.15, 0.2) is 5.78 Å². The molecule has 1 aromatic heterocycles. The number of hydrogen-bond acceptors (Lipinski definition) is 8. The number of ether oxygens (including phenoxy) is 1. The van der Waals surface area contributed by atoms with Crippen molar-refractivity contribution in [2.24, 2.45) is 5.92 Å². The Balaban J connectivity index is 1.82. The van der Waals surface area contributed by atoms with Gasteiger partial charge in [0.2, 0.25) is 10.9 Å². The van der Waals surface area contributed by atoms with Crippen LogP contribution < -0.4 is 9.64 Å². The summed E-state index contributed by atoms with van der Waals surface area (Å²) in [5, 5.41) is 17.9. The molecule has 1 aliphatic heterocycles. The Morgan fingerprint density at radius 1 is 1.10 bits per heavy atom. The summed E-state index contributed by atoms with van der Waals surface area (Å²) in [5.41, 5.74) is 1.27. The molecule has 0 saturated carbocycles. The highest BCUT2D eigenvalue weighted by Crippen LogP contribution is 2.42. The van der Waals surface area contributed by atoms with Crippen LogP contribution in [0.5, 0.6) is 5.75 Å². The van der Waals surface area contributed by atoms with Gasteiger partial charge in [0, 0.05) is 5.56 Å². The lowest BCUT2D eigenvalue weighted by atomic mass is 9.86. The number of carbonyl (C=O) groups excluding carboxylic acids is 3. The molecule has 9 heteroatoms. The predicted molar refractivity (Wildman–Crippen MR) is 112 cm³/mol. The standard InChI is InChI=1S/C22H16N4O4S/c1-12-24-25-22(31-12)26-18(14-5-3-13(11-23)4-6-14)17(20(28)21(26)29)19(27)15-7-9-16(30-2)10-8-15/h3-10,17-18H,1-2H3. The summed E-state index contributed by atoms with van der Waals surface area (Å²) in [4.78, 5) is 40.6. The van der Waals surface area contributed by atoms with E-state index in [9.17, 15) is 14.4 Å². The first kappa shape index (κ1) is 20.4. The number of aromatic nitrogens is 2. The van der Waals surface area contributed by atoms with Gasteiger partial charge in [0.05, 0.1) is 24.8 Å². The van der Waals surface area contributed by atoms with E-state index in [-0.39, 0.29) is 5.13 Å². The first-order valence-corrected chi connectivity index (χ1v) is 10.1. The number of Topliss-reactive ketones (excluding diaryl/α,β-unsaturated/α-hetero) is 2.